The minimum absolute atomic E-state index is 0. The second-order valence-corrected chi connectivity index (χ2v) is 5.33. The Morgan fingerprint density at radius 3 is 2.83 bits per heavy atom. The molecular formula is C17H25FIN5. The first kappa shape index (κ1) is 20.4. The minimum atomic E-state index is -0.179. The highest BCUT2D eigenvalue weighted by molar-refractivity contribution is 14.0. The van der Waals surface area contributed by atoms with Crippen LogP contribution in [0.5, 0.6) is 0 Å². The van der Waals surface area contributed by atoms with Crippen molar-refractivity contribution >= 4 is 29.9 Å². The molecule has 0 saturated heterocycles. The minimum Gasteiger partial charge on any atom is -0.357 e. The SMILES string of the molecule is CCNC(=NCc1ccc(F)c(C)c1)NCCCn1cccn1.I. The van der Waals surface area contributed by atoms with Crippen LogP contribution in [-0.2, 0) is 13.1 Å². The molecule has 24 heavy (non-hydrogen) atoms. The van der Waals surface area contributed by atoms with Gasteiger partial charge in [0.25, 0.3) is 0 Å². The van der Waals surface area contributed by atoms with E-state index in [2.05, 4.69) is 20.7 Å². The normalized spacial score (nSPS) is 11.0. The van der Waals surface area contributed by atoms with Gasteiger partial charge in [0.2, 0.25) is 0 Å². The molecule has 5 nitrogen and oxygen atoms in total. The molecule has 2 N–H and O–H groups in total. The lowest BCUT2D eigenvalue weighted by Crippen LogP contribution is -2.38. The van der Waals surface area contributed by atoms with Crippen molar-refractivity contribution in [2.45, 2.75) is 33.4 Å². The quantitative estimate of drug-likeness (QED) is 0.298. The predicted molar refractivity (Wildman–Crippen MR) is 106 cm³/mol. The Labute approximate surface area is 159 Å². The van der Waals surface area contributed by atoms with Gasteiger partial charge >= 0.3 is 0 Å². The lowest BCUT2D eigenvalue weighted by molar-refractivity contribution is 0.570. The summed E-state index contributed by atoms with van der Waals surface area (Å²) in [5, 5.41) is 10.7. The second kappa shape index (κ2) is 11.0. The molecule has 0 radical (unpaired) electrons. The van der Waals surface area contributed by atoms with Crippen LogP contribution in [-0.4, -0.2) is 28.8 Å². The molecule has 132 valence electrons. The molecule has 7 heteroatoms. The summed E-state index contributed by atoms with van der Waals surface area (Å²) in [6, 6.07) is 7.02. The molecule has 0 fully saturated rings. The molecule has 0 atom stereocenters. The van der Waals surface area contributed by atoms with Crippen LogP contribution in [0.4, 0.5) is 4.39 Å². The third-order valence-corrected chi connectivity index (χ3v) is 3.40. The zero-order valence-electron chi connectivity index (χ0n) is 14.1. The van der Waals surface area contributed by atoms with Crippen LogP contribution in [0.2, 0.25) is 0 Å². The highest BCUT2D eigenvalue weighted by atomic mass is 127. The van der Waals surface area contributed by atoms with E-state index < -0.39 is 0 Å². The summed E-state index contributed by atoms with van der Waals surface area (Å²) >= 11 is 0. The lowest BCUT2D eigenvalue weighted by atomic mass is 10.1. The van der Waals surface area contributed by atoms with Crippen molar-refractivity contribution in [3.05, 3.63) is 53.6 Å². The molecule has 0 aliphatic rings. The summed E-state index contributed by atoms with van der Waals surface area (Å²) in [7, 11) is 0. The molecule has 1 aromatic carbocycles. The number of aromatic nitrogens is 2. The van der Waals surface area contributed by atoms with E-state index in [1.54, 1.807) is 19.2 Å². The van der Waals surface area contributed by atoms with Crippen LogP contribution in [0.25, 0.3) is 0 Å². The van der Waals surface area contributed by atoms with Gasteiger partial charge in [0.15, 0.2) is 5.96 Å². The van der Waals surface area contributed by atoms with Gasteiger partial charge in [-0.2, -0.15) is 5.10 Å². The highest BCUT2D eigenvalue weighted by Crippen LogP contribution is 2.09. The van der Waals surface area contributed by atoms with Gasteiger partial charge in [0, 0.05) is 32.0 Å². The molecule has 1 heterocycles. The van der Waals surface area contributed by atoms with Crippen molar-refractivity contribution in [1.82, 2.24) is 20.4 Å². The molecule has 2 aromatic rings. The Bertz CT molecular complexity index is 628. The fourth-order valence-corrected chi connectivity index (χ4v) is 2.20. The molecule has 2 rings (SSSR count). The molecule has 0 bridgehead atoms. The summed E-state index contributed by atoms with van der Waals surface area (Å²) in [5.74, 6) is 0.594. The Hall–Kier alpha value is -1.64. The standard InChI is InChI=1S/C17H24FN5.HI/c1-3-19-17(20-8-4-10-23-11-5-9-22-23)21-13-15-6-7-16(18)14(2)12-15;/h5-7,9,11-12H,3-4,8,10,13H2,1-2H3,(H2,19,20,21);1H. The van der Waals surface area contributed by atoms with Crippen molar-refractivity contribution in [2.24, 2.45) is 4.99 Å². The average molecular weight is 445 g/mol. The van der Waals surface area contributed by atoms with Gasteiger partial charge < -0.3 is 10.6 Å². The van der Waals surface area contributed by atoms with Gasteiger partial charge in [-0.25, -0.2) is 9.38 Å². The molecule has 0 unspecified atom stereocenters. The Kier molecular flexibility index (Phi) is 9.36. The van der Waals surface area contributed by atoms with E-state index in [-0.39, 0.29) is 29.8 Å². The number of nitrogens with zero attached hydrogens (tertiary/aromatic N) is 3. The zero-order chi connectivity index (χ0) is 16.5. The van der Waals surface area contributed by atoms with E-state index >= 15 is 0 Å². The molecule has 0 aliphatic carbocycles. The third kappa shape index (κ3) is 6.86. The Balaban J connectivity index is 0.00000288. The topological polar surface area (TPSA) is 54.2 Å². The molecule has 0 aliphatic heterocycles. The molecule has 0 saturated carbocycles. The van der Waals surface area contributed by atoms with Gasteiger partial charge in [-0.15, -0.1) is 24.0 Å². The van der Waals surface area contributed by atoms with E-state index in [4.69, 9.17) is 0 Å². The number of halogens is 2. The van der Waals surface area contributed by atoms with E-state index in [0.717, 1.165) is 37.6 Å². The van der Waals surface area contributed by atoms with Gasteiger partial charge in [-0.3, -0.25) is 4.68 Å². The van der Waals surface area contributed by atoms with Crippen molar-refractivity contribution < 1.29 is 4.39 Å². The summed E-state index contributed by atoms with van der Waals surface area (Å²) in [6.45, 7) is 6.80. The number of aliphatic imine (C=N–C) groups is 1. The smallest absolute Gasteiger partial charge is 0.191 e. The molecular weight excluding hydrogens is 420 g/mol. The van der Waals surface area contributed by atoms with Crippen LogP contribution >= 0.6 is 24.0 Å². The van der Waals surface area contributed by atoms with Crippen LogP contribution in [0.15, 0.2) is 41.7 Å². The maximum atomic E-state index is 13.3. The summed E-state index contributed by atoms with van der Waals surface area (Å²) < 4.78 is 15.2. The monoisotopic (exact) mass is 445 g/mol. The van der Waals surface area contributed by atoms with Gasteiger partial charge in [-0.1, -0.05) is 12.1 Å². The first-order valence-electron chi connectivity index (χ1n) is 7.93. The number of nitrogens with one attached hydrogen (secondary N) is 2. The average Bonchev–Trinajstić information content (AvgIpc) is 3.05. The summed E-state index contributed by atoms with van der Waals surface area (Å²) in [5.41, 5.74) is 1.65. The van der Waals surface area contributed by atoms with E-state index in [1.165, 1.54) is 6.07 Å². The number of hydrogen-bond acceptors (Lipinski definition) is 2. The largest absolute Gasteiger partial charge is 0.357 e. The first-order valence-corrected chi connectivity index (χ1v) is 7.93. The van der Waals surface area contributed by atoms with Crippen LogP contribution in [0.3, 0.4) is 0 Å². The van der Waals surface area contributed by atoms with Crippen LogP contribution in [0.1, 0.15) is 24.5 Å². The summed E-state index contributed by atoms with van der Waals surface area (Å²) in [4.78, 5) is 4.54. The molecule has 0 amide bonds. The Morgan fingerprint density at radius 1 is 1.33 bits per heavy atom. The number of rotatable bonds is 7. The van der Waals surface area contributed by atoms with E-state index in [1.807, 2.05) is 29.9 Å². The van der Waals surface area contributed by atoms with Crippen molar-refractivity contribution in [2.75, 3.05) is 13.1 Å². The molecule has 1 aromatic heterocycles. The number of aryl methyl sites for hydroxylation is 2. The van der Waals surface area contributed by atoms with Gasteiger partial charge in [-0.05, 0) is 43.5 Å². The van der Waals surface area contributed by atoms with E-state index in [9.17, 15) is 4.39 Å². The zero-order valence-corrected chi connectivity index (χ0v) is 16.5. The third-order valence-electron chi connectivity index (χ3n) is 3.40. The van der Waals surface area contributed by atoms with Crippen LogP contribution in [0, 0.1) is 12.7 Å². The lowest BCUT2D eigenvalue weighted by Gasteiger charge is -2.11. The maximum absolute atomic E-state index is 13.3. The molecule has 0 spiro atoms. The van der Waals surface area contributed by atoms with Gasteiger partial charge in [0.1, 0.15) is 5.82 Å². The number of guanidine groups is 1. The van der Waals surface area contributed by atoms with Crippen molar-refractivity contribution in [3.63, 3.8) is 0 Å². The fourth-order valence-electron chi connectivity index (χ4n) is 2.20. The van der Waals surface area contributed by atoms with E-state index in [0.29, 0.717) is 12.1 Å². The number of hydrogen-bond donors (Lipinski definition) is 2. The second-order valence-electron chi connectivity index (χ2n) is 5.33. The maximum Gasteiger partial charge on any atom is 0.191 e. The van der Waals surface area contributed by atoms with Crippen molar-refractivity contribution in [3.8, 4) is 0 Å². The fraction of sp³-hybridized carbons (Fsp3) is 0.412. The summed E-state index contributed by atoms with van der Waals surface area (Å²) in [6.07, 6.45) is 4.70. The number of benzene rings is 1. The van der Waals surface area contributed by atoms with Crippen LogP contribution < -0.4 is 10.6 Å². The highest BCUT2D eigenvalue weighted by Gasteiger charge is 2.00. The predicted octanol–water partition coefficient (Wildman–Crippen LogP) is 3.09. The van der Waals surface area contributed by atoms with Gasteiger partial charge in [0.05, 0.1) is 6.54 Å². The van der Waals surface area contributed by atoms with Crippen molar-refractivity contribution in [1.29, 1.82) is 0 Å². The Morgan fingerprint density at radius 2 is 2.17 bits per heavy atom. The first-order chi connectivity index (χ1) is 11.2.